The van der Waals surface area contributed by atoms with Crippen LogP contribution in [0.2, 0.25) is 0 Å². The van der Waals surface area contributed by atoms with Crippen LogP contribution in [0.15, 0.2) is 30.3 Å². The van der Waals surface area contributed by atoms with Crippen LogP contribution in [0.4, 0.5) is 24.5 Å². The van der Waals surface area contributed by atoms with Gasteiger partial charge < -0.3 is 25.3 Å². The molecule has 0 saturated carbocycles. The number of anilines is 2. The Kier molecular flexibility index (Phi) is 6.90. The summed E-state index contributed by atoms with van der Waals surface area (Å²) in [6.07, 6.45) is 0. The van der Waals surface area contributed by atoms with Crippen molar-refractivity contribution in [2.45, 2.75) is 5.60 Å². The Morgan fingerprint density at radius 1 is 1.23 bits per heavy atom. The van der Waals surface area contributed by atoms with Crippen LogP contribution in [0.5, 0.6) is 0 Å². The average Bonchev–Trinajstić information content (AvgIpc) is 2.65. The van der Waals surface area contributed by atoms with Crippen LogP contribution >= 0.6 is 22.6 Å². The van der Waals surface area contributed by atoms with E-state index in [1.165, 1.54) is 17.0 Å². The van der Waals surface area contributed by atoms with Gasteiger partial charge in [0.25, 0.3) is 5.91 Å². The first-order valence-electron chi connectivity index (χ1n) is 9.14. The van der Waals surface area contributed by atoms with Crippen molar-refractivity contribution in [3.63, 3.8) is 0 Å². The summed E-state index contributed by atoms with van der Waals surface area (Å²) in [4.78, 5) is 15.9. The minimum atomic E-state index is -1.29. The van der Waals surface area contributed by atoms with Crippen molar-refractivity contribution in [1.82, 2.24) is 9.80 Å². The van der Waals surface area contributed by atoms with Crippen LogP contribution in [0.1, 0.15) is 10.4 Å². The molecule has 0 atom stereocenters. The molecule has 0 radical (unpaired) electrons. The monoisotopic (exact) mass is 535 g/mol. The van der Waals surface area contributed by atoms with Crippen LogP contribution in [0.3, 0.4) is 0 Å². The number of hydrogen-bond acceptors (Lipinski definition) is 5. The lowest BCUT2D eigenvalue weighted by atomic mass is 9.92. The van der Waals surface area contributed by atoms with E-state index in [1.807, 2.05) is 22.6 Å². The molecule has 3 N–H and O–H groups in total. The van der Waals surface area contributed by atoms with Gasteiger partial charge in [0.05, 0.1) is 36.6 Å². The number of likely N-dealkylation sites (tertiary alicyclic amines) is 1. The summed E-state index contributed by atoms with van der Waals surface area (Å²) >= 11 is 1.92. The Balaban J connectivity index is 1.81. The first-order chi connectivity index (χ1) is 14.1. The van der Waals surface area contributed by atoms with Gasteiger partial charge in [0, 0.05) is 16.7 Å². The third-order valence-corrected chi connectivity index (χ3v) is 5.49. The van der Waals surface area contributed by atoms with Gasteiger partial charge in [-0.3, -0.25) is 4.79 Å². The van der Waals surface area contributed by atoms with E-state index >= 15 is 0 Å². The molecule has 1 saturated heterocycles. The number of β-amino-alcohol motifs (C(OH)–C–C–N with tert-alkyl or cyclic N) is 1. The van der Waals surface area contributed by atoms with E-state index in [9.17, 15) is 23.1 Å². The minimum Gasteiger partial charge on any atom is -0.395 e. The summed E-state index contributed by atoms with van der Waals surface area (Å²) in [7, 11) is 1.73. The van der Waals surface area contributed by atoms with Gasteiger partial charge in [-0.2, -0.15) is 0 Å². The summed E-state index contributed by atoms with van der Waals surface area (Å²) in [6.45, 7) is 0.549. The van der Waals surface area contributed by atoms with Crippen molar-refractivity contribution in [3.05, 3.63) is 56.9 Å². The van der Waals surface area contributed by atoms with E-state index < -0.39 is 34.6 Å². The first kappa shape index (κ1) is 22.8. The number of amides is 1. The summed E-state index contributed by atoms with van der Waals surface area (Å²) in [5.74, 6) is -3.76. The lowest BCUT2D eigenvalue weighted by Crippen LogP contribution is -2.67. The highest BCUT2D eigenvalue weighted by atomic mass is 127. The normalized spacial score (nSPS) is 15.3. The third kappa shape index (κ3) is 4.88. The van der Waals surface area contributed by atoms with E-state index in [0.29, 0.717) is 10.1 Å². The highest BCUT2D eigenvalue weighted by Gasteiger charge is 2.45. The number of benzene rings is 2. The molecule has 1 aliphatic rings. The maximum absolute atomic E-state index is 14.5. The molecule has 10 heteroatoms. The molecule has 0 aromatic heterocycles. The van der Waals surface area contributed by atoms with Crippen LogP contribution in [0, 0.1) is 21.0 Å². The number of carbonyl (C=O) groups excluding carboxylic acids is 1. The van der Waals surface area contributed by atoms with Crippen LogP contribution in [0.25, 0.3) is 0 Å². The smallest absolute Gasteiger partial charge is 0.256 e. The van der Waals surface area contributed by atoms with E-state index in [0.717, 1.165) is 12.1 Å². The van der Waals surface area contributed by atoms with Crippen LogP contribution in [-0.2, 0) is 0 Å². The Morgan fingerprint density at radius 3 is 2.57 bits per heavy atom. The number of aliphatic hydroxyl groups excluding tert-OH is 1. The molecule has 3 rings (SSSR count). The maximum atomic E-state index is 14.5. The zero-order chi connectivity index (χ0) is 22.1. The molecule has 162 valence electrons. The quantitative estimate of drug-likeness (QED) is 0.476. The van der Waals surface area contributed by atoms with Crippen molar-refractivity contribution in [2.75, 3.05) is 45.2 Å². The molecule has 30 heavy (non-hydrogen) atoms. The van der Waals surface area contributed by atoms with E-state index in [1.54, 1.807) is 18.0 Å². The van der Waals surface area contributed by atoms with Gasteiger partial charge in [-0.05, 0) is 60.0 Å². The number of nitrogens with one attached hydrogen (secondary N) is 1. The average molecular weight is 535 g/mol. The predicted octanol–water partition coefficient (Wildman–Crippen LogP) is 2.56. The van der Waals surface area contributed by atoms with Crippen molar-refractivity contribution in [2.24, 2.45) is 0 Å². The van der Waals surface area contributed by atoms with Gasteiger partial charge in [0.15, 0.2) is 11.6 Å². The zero-order valence-corrected chi connectivity index (χ0v) is 18.3. The summed E-state index contributed by atoms with van der Waals surface area (Å²) in [6, 6.07) is 6.14. The Morgan fingerprint density at radius 2 is 1.93 bits per heavy atom. The predicted molar refractivity (Wildman–Crippen MR) is 114 cm³/mol. The molecular weight excluding hydrogens is 514 g/mol. The molecule has 1 amide bonds. The largest absolute Gasteiger partial charge is 0.395 e. The van der Waals surface area contributed by atoms with Gasteiger partial charge >= 0.3 is 0 Å². The number of nitrogens with zero attached hydrogens (tertiary/aromatic N) is 2. The highest BCUT2D eigenvalue weighted by Crippen LogP contribution is 2.32. The lowest BCUT2D eigenvalue weighted by Gasteiger charge is -2.48. The number of rotatable bonds is 7. The molecule has 1 aliphatic heterocycles. The topological polar surface area (TPSA) is 76.0 Å². The lowest BCUT2D eigenvalue weighted by molar-refractivity contribution is -0.0955. The molecular formula is C20H21F3IN3O3. The number of hydrogen-bond donors (Lipinski definition) is 3. The van der Waals surface area contributed by atoms with Crippen molar-refractivity contribution in [1.29, 1.82) is 0 Å². The standard InChI is InChI=1S/C20H21F3IN3O3/c1-26(6-7-28)9-20(30)10-27(11-20)19(29)13-3-4-14(21)17(23)18(13)25-16-5-2-12(24)8-15(16)22/h2-5,8,25,28,30H,6-7,9-11H2,1H3. The second-order valence-electron chi connectivity index (χ2n) is 7.38. The van der Waals surface area contributed by atoms with Crippen LogP contribution < -0.4 is 5.32 Å². The van der Waals surface area contributed by atoms with Gasteiger partial charge in [-0.15, -0.1) is 0 Å². The van der Waals surface area contributed by atoms with Crippen molar-refractivity contribution in [3.8, 4) is 0 Å². The zero-order valence-electron chi connectivity index (χ0n) is 16.1. The number of halogens is 4. The second kappa shape index (κ2) is 9.08. The summed E-state index contributed by atoms with van der Waals surface area (Å²) < 4.78 is 43.1. The second-order valence-corrected chi connectivity index (χ2v) is 8.63. The fourth-order valence-electron chi connectivity index (χ4n) is 3.41. The van der Waals surface area contributed by atoms with Gasteiger partial charge in [0.2, 0.25) is 0 Å². The molecule has 0 bridgehead atoms. The van der Waals surface area contributed by atoms with E-state index in [4.69, 9.17) is 5.11 Å². The number of likely N-dealkylation sites (N-methyl/N-ethyl adjacent to an activating group) is 1. The van der Waals surface area contributed by atoms with Gasteiger partial charge in [-0.1, -0.05) is 0 Å². The van der Waals surface area contributed by atoms with Crippen molar-refractivity contribution < 1.29 is 28.2 Å². The third-order valence-electron chi connectivity index (χ3n) is 4.82. The van der Waals surface area contributed by atoms with Crippen molar-refractivity contribution >= 4 is 39.9 Å². The molecule has 0 aliphatic carbocycles. The summed E-state index contributed by atoms with van der Waals surface area (Å²) in [5.41, 5.74) is -1.89. The molecule has 0 spiro atoms. The Labute approximate surface area is 185 Å². The summed E-state index contributed by atoms with van der Waals surface area (Å²) in [5, 5.41) is 22.0. The first-order valence-corrected chi connectivity index (χ1v) is 10.2. The van der Waals surface area contributed by atoms with E-state index in [-0.39, 0.29) is 37.5 Å². The maximum Gasteiger partial charge on any atom is 0.256 e. The molecule has 1 heterocycles. The van der Waals surface area contributed by atoms with Gasteiger partial charge in [-0.25, -0.2) is 13.2 Å². The Hall–Kier alpha value is -1.89. The fourth-order valence-corrected chi connectivity index (χ4v) is 3.86. The Bertz CT molecular complexity index is 954. The highest BCUT2D eigenvalue weighted by molar-refractivity contribution is 14.1. The number of aliphatic hydroxyl groups is 2. The minimum absolute atomic E-state index is 0.00205. The van der Waals surface area contributed by atoms with E-state index in [2.05, 4.69) is 5.32 Å². The van der Waals surface area contributed by atoms with Crippen LogP contribution in [-0.4, -0.2) is 71.4 Å². The molecule has 1 fully saturated rings. The van der Waals surface area contributed by atoms with Gasteiger partial charge in [0.1, 0.15) is 11.4 Å². The molecule has 6 nitrogen and oxygen atoms in total. The SMILES string of the molecule is CN(CCO)CC1(O)CN(C(=O)c2ccc(F)c(F)c2Nc2ccc(I)cc2F)C1. The fraction of sp³-hybridized carbons (Fsp3) is 0.350. The molecule has 2 aromatic carbocycles. The molecule has 2 aromatic rings. The molecule has 0 unspecified atom stereocenters. The number of carbonyl (C=O) groups is 1.